The van der Waals surface area contributed by atoms with Crippen LogP contribution < -0.4 is 5.32 Å². The molecule has 112 valence electrons. The third kappa shape index (κ3) is 2.98. The average molecular weight is 307 g/mol. The van der Waals surface area contributed by atoms with E-state index in [2.05, 4.69) is 5.32 Å². The van der Waals surface area contributed by atoms with Crippen LogP contribution in [-0.2, 0) is 9.84 Å². The quantitative estimate of drug-likeness (QED) is 0.930. The Bertz CT molecular complexity index is 589. The Morgan fingerprint density at radius 2 is 1.70 bits per heavy atom. The number of nitrogens with one attached hydrogen (secondary N) is 1. The summed E-state index contributed by atoms with van der Waals surface area (Å²) >= 11 is 0. The Hall–Kier alpha value is -1.08. The van der Waals surface area contributed by atoms with Crippen LogP contribution in [0.3, 0.4) is 0 Å². The standard InChI is InChI=1S/C13H16F3NO2S/c1-9(17-12(7-8-12)13(14,15)16)10-3-5-11(6-4-10)20(2,18)19/h3-6,9,17H,7-8H2,1-2H3. The molecule has 0 heterocycles. The monoisotopic (exact) mass is 307 g/mol. The fraction of sp³-hybridized carbons (Fsp3) is 0.538. The van der Waals surface area contributed by atoms with Gasteiger partial charge in [0, 0.05) is 12.3 Å². The molecule has 1 fully saturated rings. The van der Waals surface area contributed by atoms with Gasteiger partial charge in [-0.15, -0.1) is 0 Å². The zero-order chi connectivity index (χ0) is 15.2. The first-order chi connectivity index (χ1) is 9.05. The molecule has 1 aliphatic carbocycles. The van der Waals surface area contributed by atoms with E-state index in [0.29, 0.717) is 5.56 Å². The van der Waals surface area contributed by atoms with Crippen molar-refractivity contribution in [2.45, 2.75) is 42.4 Å². The Labute approximate surface area is 116 Å². The first-order valence-electron chi connectivity index (χ1n) is 6.20. The summed E-state index contributed by atoms with van der Waals surface area (Å²) in [7, 11) is -3.29. The van der Waals surface area contributed by atoms with Gasteiger partial charge in [0.2, 0.25) is 0 Å². The predicted molar refractivity (Wildman–Crippen MR) is 69.1 cm³/mol. The minimum absolute atomic E-state index is 0.0856. The molecular weight excluding hydrogens is 291 g/mol. The average Bonchev–Trinajstić information content (AvgIpc) is 3.08. The van der Waals surface area contributed by atoms with Crippen molar-refractivity contribution in [1.82, 2.24) is 5.32 Å². The molecule has 1 N–H and O–H groups in total. The summed E-state index contributed by atoms with van der Waals surface area (Å²) in [6.45, 7) is 1.64. The number of alkyl halides is 3. The van der Waals surface area contributed by atoms with E-state index in [0.717, 1.165) is 6.26 Å². The summed E-state index contributed by atoms with van der Waals surface area (Å²) in [5, 5.41) is 2.61. The van der Waals surface area contributed by atoms with Crippen LogP contribution in [0.15, 0.2) is 29.2 Å². The van der Waals surface area contributed by atoms with E-state index in [9.17, 15) is 21.6 Å². The number of hydrogen-bond donors (Lipinski definition) is 1. The van der Waals surface area contributed by atoms with E-state index < -0.39 is 27.6 Å². The van der Waals surface area contributed by atoms with Crippen molar-refractivity contribution in [3.05, 3.63) is 29.8 Å². The molecule has 1 saturated carbocycles. The fourth-order valence-corrected chi connectivity index (χ4v) is 2.77. The Morgan fingerprint density at radius 3 is 2.05 bits per heavy atom. The first kappa shape index (κ1) is 15.3. The normalized spacial score (nSPS) is 19.6. The van der Waals surface area contributed by atoms with E-state index in [1.165, 1.54) is 12.1 Å². The van der Waals surface area contributed by atoms with Crippen molar-refractivity contribution in [1.29, 1.82) is 0 Å². The van der Waals surface area contributed by atoms with E-state index in [1.54, 1.807) is 19.1 Å². The molecule has 0 aliphatic heterocycles. The third-order valence-corrected chi connectivity index (χ3v) is 4.72. The van der Waals surface area contributed by atoms with Crippen LogP contribution in [0.4, 0.5) is 13.2 Å². The lowest BCUT2D eigenvalue weighted by Gasteiger charge is -2.25. The van der Waals surface area contributed by atoms with Gasteiger partial charge in [-0.05, 0) is 37.5 Å². The van der Waals surface area contributed by atoms with Crippen LogP contribution in [0, 0.1) is 0 Å². The summed E-state index contributed by atoms with van der Waals surface area (Å²) in [6.07, 6.45) is -3.00. The third-order valence-electron chi connectivity index (χ3n) is 3.59. The highest BCUT2D eigenvalue weighted by Crippen LogP contribution is 2.50. The fourth-order valence-electron chi connectivity index (χ4n) is 2.14. The molecule has 1 unspecified atom stereocenters. The predicted octanol–water partition coefficient (Wildman–Crippen LogP) is 2.84. The van der Waals surface area contributed by atoms with Crippen LogP contribution in [0.5, 0.6) is 0 Å². The maximum Gasteiger partial charge on any atom is 0.406 e. The number of hydrogen-bond acceptors (Lipinski definition) is 3. The van der Waals surface area contributed by atoms with Crippen LogP contribution >= 0.6 is 0 Å². The highest BCUT2D eigenvalue weighted by Gasteiger charge is 2.63. The molecule has 2 rings (SSSR count). The molecule has 0 bridgehead atoms. The summed E-state index contributed by atoms with van der Waals surface area (Å²) in [5.74, 6) is 0. The van der Waals surface area contributed by atoms with Gasteiger partial charge >= 0.3 is 6.18 Å². The number of benzene rings is 1. The number of halogens is 3. The van der Waals surface area contributed by atoms with Crippen LogP contribution in [0.25, 0.3) is 0 Å². The molecule has 0 aromatic heterocycles. The van der Waals surface area contributed by atoms with E-state index in [-0.39, 0.29) is 17.7 Å². The summed E-state index contributed by atoms with van der Waals surface area (Å²) in [5.41, 5.74) is -1.14. The van der Waals surface area contributed by atoms with Gasteiger partial charge in [0.1, 0.15) is 5.54 Å². The summed E-state index contributed by atoms with van der Waals surface area (Å²) in [6, 6.07) is 5.42. The molecule has 3 nitrogen and oxygen atoms in total. The second-order valence-corrected chi connectivity index (χ2v) is 7.30. The molecular formula is C13H16F3NO2S. The van der Waals surface area contributed by atoms with E-state index >= 15 is 0 Å². The van der Waals surface area contributed by atoms with Crippen LogP contribution in [0.1, 0.15) is 31.4 Å². The van der Waals surface area contributed by atoms with Crippen molar-refractivity contribution in [3.63, 3.8) is 0 Å². The minimum atomic E-state index is -4.26. The molecule has 20 heavy (non-hydrogen) atoms. The Kier molecular flexibility index (Phi) is 3.62. The number of rotatable bonds is 4. The SMILES string of the molecule is CC(NC1(C(F)(F)F)CC1)c1ccc(S(C)(=O)=O)cc1. The lowest BCUT2D eigenvalue weighted by Crippen LogP contribution is -2.45. The second-order valence-electron chi connectivity index (χ2n) is 5.29. The molecule has 0 saturated heterocycles. The van der Waals surface area contributed by atoms with Crippen molar-refractivity contribution < 1.29 is 21.6 Å². The van der Waals surface area contributed by atoms with Gasteiger partial charge in [-0.25, -0.2) is 8.42 Å². The minimum Gasteiger partial charge on any atom is -0.297 e. The highest BCUT2D eigenvalue weighted by molar-refractivity contribution is 7.90. The van der Waals surface area contributed by atoms with Crippen molar-refractivity contribution in [3.8, 4) is 0 Å². The molecule has 1 aromatic carbocycles. The Morgan fingerprint density at radius 1 is 1.20 bits per heavy atom. The van der Waals surface area contributed by atoms with Crippen molar-refractivity contribution in [2.75, 3.05) is 6.26 Å². The maximum absolute atomic E-state index is 12.9. The largest absolute Gasteiger partial charge is 0.406 e. The van der Waals surface area contributed by atoms with E-state index in [1.807, 2.05) is 0 Å². The first-order valence-corrected chi connectivity index (χ1v) is 8.09. The lowest BCUT2D eigenvalue weighted by molar-refractivity contribution is -0.167. The lowest BCUT2D eigenvalue weighted by atomic mass is 10.1. The molecule has 1 atom stereocenters. The van der Waals surface area contributed by atoms with Crippen molar-refractivity contribution in [2.24, 2.45) is 0 Å². The zero-order valence-corrected chi connectivity index (χ0v) is 12.0. The highest BCUT2D eigenvalue weighted by atomic mass is 32.2. The molecule has 0 spiro atoms. The number of sulfone groups is 1. The van der Waals surface area contributed by atoms with Crippen LogP contribution in [0.2, 0.25) is 0 Å². The smallest absolute Gasteiger partial charge is 0.297 e. The summed E-state index contributed by atoms with van der Waals surface area (Å²) in [4.78, 5) is 0.158. The molecule has 1 aromatic rings. The van der Waals surface area contributed by atoms with Gasteiger partial charge < -0.3 is 0 Å². The van der Waals surface area contributed by atoms with Gasteiger partial charge in [-0.1, -0.05) is 12.1 Å². The van der Waals surface area contributed by atoms with Gasteiger partial charge in [-0.2, -0.15) is 13.2 Å². The molecule has 1 aliphatic rings. The molecule has 0 radical (unpaired) electrons. The van der Waals surface area contributed by atoms with Gasteiger partial charge in [0.25, 0.3) is 0 Å². The molecule has 7 heteroatoms. The molecule has 0 amide bonds. The topological polar surface area (TPSA) is 46.2 Å². The van der Waals surface area contributed by atoms with Crippen molar-refractivity contribution >= 4 is 9.84 Å². The van der Waals surface area contributed by atoms with Gasteiger partial charge in [-0.3, -0.25) is 5.32 Å². The summed E-state index contributed by atoms with van der Waals surface area (Å²) < 4.78 is 61.2. The van der Waals surface area contributed by atoms with Gasteiger partial charge in [0.15, 0.2) is 9.84 Å². The maximum atomic E-state index is 12.9. The Balaban J connectivity index is 2.13. The zero-order valence-electron chi connectivity index (χ0n) is 11.2. The van der Waals surface area contributed by atoms with E-state index in [4.69, 9.17) is 0 Å². The van der Waals surface area contributed by atoms with Crippen LogP contribution in [-0.4, -0.2) is 26.4 Å². The van der Waals surface area contributed by atoms with Gasteiger partial charge in [0.05, 0.1) is 4.90 Å². The second kappa shape index (κ2) is 4.73.